The monoisotopic (exact) mass is 329 g/mol. The standard InChI is InChI=1S/C18H23N3O3/c1-3-4-8-18(20-21-18)9-7-15(22)19-16(17(23)24-2)13-6-5-12-10-14(12)11-13/h1,6,12,14,16H,4-5,7-11H2,2H3,(H,19,22)/t12?,14?,16-/m1/s1. The van der Waals surface area contributed by atoms with Gasteiger partial charge in [0.2, 0.25) is 5.91 Å². The van der Waals surface area contributed by atoms with Crippen LogP contribution in [0.3, 0.4) is 0 Å². The summed E-state index contributed by atoms with van der Waals surface area (Å²) < 4.78 is 4.87. The van der Waals surface area contributed by atoms with Crippen LogP contribution in [0.4, 0.5) is 0 Å². The van der Waals surface area contributed by atoms with Crippen LogP contribution in [0.2, 0.25) is 0 Å². The summed E-state index contributed by atoms with van der Waals surface area (Å²) in [6, 6.07) is -0.668. The highest BCUT2D eigenvalue weighted by Gasteiger charge is 2.42. The Morgan fingerprint density at radius 2 is 2.25 bits per heavy atom. The predicted octanol–water partition coefficient (Wildman–Crippen LogP) is 2.36. The third-order valence-corrected chi connectivity index (χ3v) is 5.17. The average Bonchev–Trinajstić information content (AvgIpc) is 3.50. The van der Waals surface area contributed by atoms with Crippen LogP contribution in [-0.2, 0) is 14.3 Å². The molecule has 3 rings (SSSR count). The van der Waals surface area contributed by atoms with Crippen LogP contribution in [0.1, 0.15) is 44.9 Å². The lowest BCUT2D eigenvalue weighted by Gasteiger charge is -2.22. The Bertz CT molecular complexity index is 626. The van der Waals surface area contributed by atoms with Crippen molar-refractivity contribution in [2.45, 2.75) is 56.7 Å². The number of ether oxygens (including phenoxy) is 1. The Morgan fingerprint density at radius 1 is 1.46 bits per heavy atom. The molecule has 1 aliphatic heterocycles. The maximum absolute atomic E-state index is 12.3. The number of allylic oxidation sites excluding steroid dienone is 1. The molecule has 0 bridgehead atoms. The molecule has 1 amide bonds. The van der Waals surface area contributed by atoms with Crippen molar-refractivity contribution in [3.05, 3.63) is 11.6 Å². The van der Waals surface area contributed by atoms with Gasteiger partial charge in [0.25, 0.3) is 0 Å². The fourth-order valence-electron chi connectivity index (χ4n) is 3.41. The number of nitrogens with zero attached hydrogens (tertiary/aromatic N) is 2. The second-order valence-corrected chi connectivity index (χ2v) is 6.88. The molecule has 3 atom stereocenters. The topological polar surface area (TPSA) is 80.1 Å². The number of nitrogens with one attached hydrogen (secondary N) is 1. The number of terminal acetylenes is 1. The van der Waals surface area contributed by atoms with Crippen LogP contribution in [0.5, 0.6) is 0 Å². The summed E-state index contributed by atoms with van der Waals surface area (Å²) in [5, 5.41) is 10.9. The van der Waals surface area contributed by atoms with Crippen molar-refractivity contribution in [2.24, 2.45) is 22.1 Å². The fourth-order valence-corrected chi connectivity index (χ4v) is 3.41. The van der Waals surface area contributed by atoms with Gasteiger partial charge >= 0.3 is 5.97 Å². The van der Waals surface area contributed by atoms with Crippen molar-refractivity contribution in [3.8, 4) is 12.3 Å². The number of esters is 1. The lowest BCUT2D eigenvalue weighted by atomic mass is 9.93. The van der Waals surface area contributed by atoms with E-state index >= 15 is 0 Å². The summed E-state index contributed by atoms with van der Waals surface area (Å²) in [4.78, 5) is 24.4. The zero-order chi connectivity index (χ0) is 17.2. The van der Waals surface area contributed by atoms with E-state index in [-0.39, 0.29) is 12.3 Å². The third-order valence-electron chi connectivity index (χ3n) is 5.17. The summed E-state index contributed by atoms with van der Waals surface area (Å²) >= 11 is 0. The van der Waals surface area contributed by atoms with Crippen molar-refractivity contribution in [3.63, 3.8) is 0 Å². The van der Waals surface area contributed by atoms with Gasteiger partial charge in [-0.05, 0) is 36.7 Å². The minimum Gasteiger partial charge on any atom is -0.467 e. The zero-order valence-electron chi connectivity index (χ0n) is 14.0. The summed E-state index contributed by atoms with van der Waals surface area (Å²) in [5.41, 5.74) is 0.507. The fraction of sp³-hybridized carbons (Fsp3) is 0.667. The first-order valence-electron chi connectivity index (χ1n) is 8.50. The Morgan fingerprint density at radius 3 is 2.88 bits per heavy atom. The van der Waals surface area contributed by atoms with E-state index in [9.17, 15) is 9.59 Å². The first-order chi connectivity index (χ1) is 11.6. The minimum absolute atomic E-state index is 0.179. The number of methoxy groups -OCH3 is 1. The van der Waals surface area contributed by atoms with Crippen molar-refractivity contribution in [1.29, 1.82) is 0 Å². The minimum atomic E-state index is -0.668. The Kier molecular flexibility index (Phi) is 4.70. The first kappa shape index (κ1) is 16.7. The smallest absolute Gasteiger partial charge is 0.332 e. The molecule has 1 fully saturated rings. The van der Waals surface area contributed by atoms with E-state index < -0.39 is 17.7 Å². The van der Waals surface area contributed by atoms with E-state index in [4.69, 9.17) is 11.2 Å². The highest BCUT2D eigenvalue weighted by Crippen LogP contribution is 2.49. The molecule has 6 nitrogen and oxygen atoms in total. The summed E-state index contributed by atoms with van der Waals surface area (Å²) in [5.74, 6) is 3.43. The summed E-state index contributed by atoms with van der Waals surface area (Å²) in [6.45, 7) is 0. The van der Waals surface area contributed by atoms with Gasteiger partial charge < -0.3 is 10.1 Å². The molecule has 3 aliphatic rings. The second kappa shape index (κ2) is 6.76. The van der Waals surface area contributed by atoms with Crippen LogP contribution in [0, 0.1) is 24.2 Å². The lowest BCUT2D eigenvalue weighted by molar-refractivity contribution is -0.144. The first-order valence-corrected chi connectivity index (χ1v) is 8.50. The van der Waals surface area contributed by atoms with E-state index in [1.54, 1.807) is 0 Å². The molecule has 0 spiro atoms. The molecule has 0 radical (unpaired) electrons. The van der Waals surface area contributed by atoms with Gasteiger partial charge in [-0.2, -0.15) is 10.2 Å². The summed E-state index contributed by atoms with van der Waals surface area (Å²) in [7, 11) is 1.35. The van der Waals surface area contributed by atoms with E-state index in [1.165, 1.54) is 13.5 Å². The van der Waals surface area contributed by atoms with Crippen LogP contribution in [0.25, 0.3) is 0 Å². The highest BCUT2D eigenvalue weighted by molar-refractivity contribution is 5.87. The normalized spacial score (nSPS) is 26.4. The van der Waals surface area contributed by atoms with Crippen LogP contribution < -0.4 is 5.32 Å². The number of fused-ring (bicyclic) bond motifs is 1. The Hall–Kier alpha value is -2.16. The second-order valence-electron chi connectivity index (χ2n) is 6.88. The third kappa shape index (κ3) is 3.84. The van der Waals surface area contributed by atoms with E-state index in [0.29, 0.717) is 25.2 Å². The van der Waals surface area contributed by atoms with Gasteiger partial charge in [0.1, 0.15) is 6.04 Å². The molecule has 24 heavy (non-hydrogen) atoms. The highest BCUT2D eigenvalue weighted by atomic mass is 16.5. The van der Waals surface area contributed by atoms with Crippen LogP contribution in [0.15, 0.2) is 21.9 Å². The predicted molar refractivity (Wildman–Crippen MR) is 87.7 cm³/mol. The van der Waals surface area contributed by atoms with Crippen LogP contribution in [-0.4, -0.2) is 30.7 Å². The Balaban J connectivity index is 1.53. The number of carbonyl (C=O) groups is 2. The van der Waals surface area contributed by atoms with Gasteiger partial charge in [0.15, 0.2) is 5.66 Å². The maximum Gasteiger partial charge on any atom is 0.332 e. The molecule has 1 heterocycles. The molecule has 2 aliphatic carbocycles. The molecule has 2 unspecified atom stereocenters. The van der Waals surface area contributed by atoms with E-state index in [2.05, 4.69) is 27.5 Å². The van der Waals surface area contributed by atoms with Crippen molar-refractivity contribution >= 4 is 11.9 Å². The zero-order valence-corrected chi connectivity index (χ0v) is 14.0. The van der Waals surface area contributed by atoms with E-state index in [1.807, 2.05) is 0 Å². The van der Waals surface area contributed by atoms with Gasteiger partial charge in [-0.3, -0.25) is 4.79 Å². The lowest BCUT2D eigenvalue weighted by Crippen LogP contribution is -2.43. The number of hydrogen-bond acceptors (Lipinski definition) is 5. The van der Waals surface area contributed by atoms with Crippen molar-refractivity contribution in [2.75, 3.05) is 7.11 Å². The number of hydrogen-bond donors (Lipinski definition) is 1. The van der Waals surface area contributed by atoms with Crippen molar-refractivity contribution in [1.82, 2.24) is 5.32 Å². The molecule has 0 aromatic heterocycles. The maximum atomic E-state index is 12.3. The molecule has 6 heteroatoms. The van der Waals surface area contributed by atoms with Crippen LogP contribution >= 0.6 is 0 Å². The van der Waals surface area contributed by atoms with E-state index in [0.717, 1.165) is 24.3 Å². The molecule has 1 saturated carbocycles. The number of carbonyl (C=O) groups excluding carboxylic acids is 2. The Labute approximate surface area is 142 Å². The number of amides is 1. The van der Waals surface area contributed by atoms with Gasteiger partial charge in [0, 0.05) is 25.7 Å². The van der Waals surface area contributed by atoms with Gasteiger partial charge in [-0.15, -0.1) is 12.3 Å². The van der Waals surface area contributed by atoms with Gasteiger partial charge in [-0.1, -0.05) is 6.08 Å². The molecule has 128 valence electrons. The molecule has 0 aromatic rings. The molecule has 0 aromatic carbocycles. The molecule has 1 N–H and O–H groups in total. The van der Waals surface area contributed by atoms with Gasteiger partial charge in [0.05, 0.1) is 7.11 Å². The number of rotatable bonds is 8. The summed E-state index contributed by atoms with van der Waals surface area (Å²) in [6.07, 6.45) is 12.5. The average molecular weight is 329 g/mol. The molecular weight excluding hydrogens is 306 g/mol. The quantitative estimate of drug-likeness (QED) is 0.422. The SMILES string of the molecule is C#CCCC1(CCC(=O)N[C@@H](C(=O)OC)C2=CCC3CC3C2)N=N1. The van der Waals surface area contributed by atoms with Crippen molar-refractivity contribution < 1.29 is 14.3 Å². The van der Waals surface area contributed by atoms with Gasteiger partial charge in [-0.25, -0.2) is 4.79 Å². The molecular formula is C18H23N3O3. The largest absolute Gasteiger partial charge is 0.467 e. The molecule has 0 saturated heterocycles.